The van der Waals surface area contributed by atoms with E-state index >= 15 is 0 Å². The number of nitrogens with zero attached hydrogens (tertiary/aromatic N) is 2. The van der Waals surface area contributed by atoms with Gasteiger partial charge in [-0.3, -0.25) is 14.5 Å². The zero-order valence-corrected chi connectivity index (χ0v) is 18.2. The van der Waals surface area contributed by atoms with Crippen molar-refractivity contribution in [2.45, 2.75) is 12.6 Å². The molecule has 0 spiro atoms. The number of rotatable bonds is 4. The molecular weight excluding hydrogens is 450 g/mol. The Balaban J connectivity index is 1.40. The van der Waals surface area contributed by atoms with Gasteiger partial charge in [0.2, 0.25) is 5.91 Å². The van der Waals surface area contributed by atoms with Crippen LogP contribution in [0.1, 0.15) is 22.3 Å². The fourth-order valence-electron chi connectivity index (χ4n) is 4.18. The van der Waals surface area contributed by atoms with Crippen molar-refractivity contribution in [3.05, 3.63) is 77.6 Å². The number of carbonyl (C=O) groups excluding carboxylic acids is 2. The summed E-state index contributed by atoms with van der Waals surface area (Å²) in [6, 6.07) is 14.4. The molecule has 2 amide bonds. The number of fused-ring (bicyclic) bond motifs is 1. The largest absolute Gasteiger partial charge is 0.418 e. The zero-order valence-electron chi connectivity index (χ0n) is 18.2. The van der Waals surface area contributed by atoms with Gasteiger partial charge in [-0.25, -0.2) is 4.39 Å². The summed E-state index contributed by atoms with van der Waals surface area (Å²) >= 11 is 0. The van der Waals surface area contributed by atoms with E-state index in [9.17, 15) is 27.2 Å². The number of amides is 2. The van der Waals surface area contributed by atoms with Crippen LogP contribution in [0, 0.1) is 5.82 Å². The topological polar surface area (TPSA) is 52.7 Å². The van der Waals surface area contributed by atoms with E-state index < -0.39 is 23.5 Å². The van der Waals surface area contributed by atoms with Crippen molar-refractivity contribution in [2.24, 2.45) is 0 Å². The lowest BCUT2D eigenvalue weighted by Crippen LogP contribution is -2.38. The van der Waals surface area contributed by atoms with Gasteiger partial charge in [0.15, 0.2) is 0 Å². The molecule has 4 rings (SSSR count). The van der Waals surface area contributed by atoms with Crippen molar-refractivity contribution >= 4 is 28.3 Å². The summed E-state index contributed by atoms with van der Waals surface area (Å²) in [7, 11) is 0. The molecule has 0 aromatic heterocycles. The summed E-state index contributed by atoms with van der Waals surface area (Å²) in [6.45, 7) is 1.62. The van der Waals surface area contributed by atoms with Gasteiger partial charge in [-0.2, -0.15) is 13.2 Å². The van der Waals surface area contributed by atoms with Crippen LogP contribution in [0.4, 0.5) is 23.2 Å². The number of hydrogen-bond donors (Lipinski definition) is 1. The monoisotopic (exact) mass is 473 g/mol. The lowest BCUT2D eigenvalue weighted by atomic mass is 10.0. The van der Waals surface area contributed by atoms with Gasteiger partial charge in [-0.05, 0) is 36.1 Å². The van der Waals surface area contributed by atoms with Crippen LogP contribution >= 0.6 is 0 Å². The summed E-state index contributed by atoms with van der Waals surface area (Å²) < 4.78 is 53.6. The number of alkyl halides is 3. The lowest BCUT2D eigenvalue weighted by Gasteiger charge is -2.22. The predicted molar refractivity (Wildman–Crippen MR) is 121 cm³/mol. The number of carbonyl (C=O) groups is 2. The first-order chi connectivity index (χ1) is 16.2. The molecule has 178 valence electrons. The van der Waals surface area contributed by atoms with E-state index in [1.54, 1.807) is 29.2 Å². The van der Waals surface area contributed by atoms with E-state index in [-0.39, 0.29) is 18.1 Å². The Morgan fingerprint density at radius 2 is 1.56 bits per heavy atom. The van der Waals surface area contributed by atoms with Gasteiger partial charge in [-0.15, -0.1) is 0 Å². The minimum Gasteiger partial charge on any atom is -0.337 e. The normalized spacial score (nSPS) is 15.2. The van der Waals surface area contributed by atoms with Crippen LogP contribution in [0.2, 0.25) is 0 Å². The third-order valence-electron chi connectivity index (χ3n) is 5.85. The maximum absolute atomic E-state index is 14.1. The molecule has 1 aliphatic heterocycles. The van der Waals surface area contributed by atoms with E-state index in [1.165, 1.54) is 30.3 Å². The second kappa shape index (κ2) is 9.80. The number of para-hydroxylation sites is 1. The second-order valence-electron chi connectivity index (χ2n) is 8.15. The summed E-state index contributed by atoms with van der Waals surface area (Å²) in [5.74, 6) is -1.17. The number of benzene rings is 3. The van der Waals surface area contributed by atoms with Crippen LogP contribution in [-0.4, -0.2) is 54.3 Å². The van der Waals surface area contributed by atoms with Gasteiger partial charge in [0.25, 0.3) is 5.91 Å². The third kappa shape index (κ3) is 5.20. The number of hydrogen-bond acceptors (Lipinski definition) is 3. The second-order valence-corrected chi connectivity index (χ2v) is 8.15. The van der Waals surface area contributed by atoms with E-state index in [0.29, 0.717) is 48.9 Å². The minimum absolute atomic E-state index is 0.0896. The fourth-order valence-corrected chi connectivity index (χ4v) is 4.18. The van der Waals surface area contributed by atoms with Gasteiger partial charge in [0.1, 0.15) is 5.82 Å². The highest BCUT2D eigenvalue weighted by molar-refractivity contribution is 6.07. The van der Waals surface area contributed by atoms with Crippen molar-refractivity contribution in [1.29, 1.82) is 0 Å². The standard InChI is InChI=1S/C25H23F4N3O2/c26-21-11-10-19(17-6-1-2-7-18(17)21)24(34)32-13-5-12-31(14-15-32)16-23(33)30-22-9-4-3-8-20(22)25(27,28)29/h1-4,6-11H,5,12-16H2,(H,30,33). The molecule has 1 fully saturated rings. The van der Waals surface area contributed by atoms with Crippen molar-refractivity contribution in [1.82, 2.24) is 9.80 Å². The van der Waals surface area contributed by atoms with Crippen LogP contribution in [0.3, 0.4) is 0 Å². The van der Waals surface area contributed by atoms with Gasteiger partial charge in [0, 0.05) is 37.1 Å². The Morgan fingerprint density at radius 1 is 0.853 bits per heavy atom. The smallest absolute Gasteiger partial charge is 0.337 e. The SMILES string of the molecule is O=C(CN1CCCN(C(=O)c2ccc(F)c3ccccc23)CC1)Nc1ccccc1C(F)(F)F. The van der Waals surface area contributed by atoms with Crippen molar-refractivity contribution < 1.29 is 27.2 Å². The van der Waals surface area contributed by atoms with Crippen LogP contribution in [0.25, 0.3) is 10.8 Å². The molecule has 3 aromatic carbocycles. The van der Waals surface area contributed by atoms with E-state index in [1.807, 2.05) is 4.90 Å². The molecule has 1 saturated heterocycles. The predicted octanol–water partition coefficient (Wildman–Crippen LogP) is 4.78. The molecule has 0 saturated carbocycles. The Bertz CT molecular complexity index is 1210. The number of anilines is 1. The molecule has 3 aromatic rings. The van der Waals surface area contributed by atoms with Gasteiger partial charge < -0.3 is 10.2 Å². The Kier molecular flexibility index (Phi) is 6.83. The average molecular weight is 473 g/mol. The molecule has 1 aliphatic rings. The number of nitrogens with one attached hydrogen (secondary N) is 1. The third-order valence-corrected chi connectivity index (χ3v) is 5.85. The van der Waals surface area contributed by atoms with Crippen molar-refractivity contribution in [3.8, 4) is 0 Å². The molecule has 9 heteroatoms. The van der Waals surface area contributed by atoms with Crippen LogP contribution in [0.5, 0.6) is 0 Å². The Hall–Kier alpha value is -3.46. The molecule has 0 atom stereocenters. The fraction of sp³-hybridized carbons (Fsp3) is 0.280. The summed E-state index contributed by atoms with van der Waals surface area (Å²) in [6.07, 6.45) is -3.98. The maximum atomic E-state index is 14.1. The first kappa shape index (κ1) is 23.7. The van der Waals surface area contributed by atoms with Gasteiger partial charge in [0.05, 0.1) is 17.8 Å². The van der Waals surface area contributed by atoms with Crippen LogP contribution < -0.4 is 5.32 Å². The quantitative estimate of drug-likeness (QED) is 0.555. The highest BCUT2D eigenvalue weighted by Gasteiger charge is 2.33. The number of halogens is 4. The van der Waals surface area contributed by atoms with E-state index in [0.717, 1.165) is 6.07 Å². The van der Waals surface area contributed by atoms with Crippen LogP contribution in [0.15, 0.2) is 60.7 Å². The van der Waals surface area contributed by atoms with Gasteiger partial charge >= 0.3 is 6.18 Å². The summed E-state index contributed by atoms with van der Waals surface area (Å²) in [5, 5.41) is 3.27. The molecule has 0 bridgehead atoms. The lowest BCUT2D eigenvalue weighted by molar-refractivity contribution is -0.137. The average Bonchev–Trinajstić information content (AvgIpc) is 3.04. The van der Waals surface area contributed by atoms with Crippen LogP contribution in [-0.2, 0) is 11.0 Å². The highest BCUT2D eigenvalue weighted by atomic mass is 19.4. The summed E-state index contributed by atoms with van der Waals surface area (Å²) in [4.78, 5) is 29.1. The molecule has 0 unspecified atom stereocenters. The Morgan fingerprint density at radius 3 is 2.32 bits per heavy atom. The van der Waals surface area contributed by atoms with E-state index in [2.05, 4.69) is 5.32 Å². The molecule has 0 radical (unpaired) electrons. The van der Waals surface area contributed by atoms with Gasteiger partial charge in [-0.1, -0.05) is 36.4 Å². The minimum atomic E-state index is -4.57. The Labute approximate surface area is 194 Å². The molecule has 0 aliphatic carbocycles. The zero-order chi connectivity index (χ0) is 24.3. The molecular formula is C25H23F4N3O2. The molecule has 1 heterocycles. The molecule has 34 heavy (non-hydrogen) atoms. The first-order valence-electron chi connectivity index (χ1n) is 10.9. The van der Waals surface area contributed by atoms with Crippen molar-refractivity contribution in [3.63, 3.8) is 0 Å². The van der Waals surface area contributed by atoms with E-state index in [4.69, 9.17) is 0 Å². The molecule has 5 nitrogen and oxygen atoms in total. The highest BCUT2D eigenvalue weighted by Crippen LogP contribution is 2.34. The maximum Gasteiger partial charge on any atom is 0.418 e. The first-order valence-corrected chi connectivity index (χ1v) is 10.9. The van der Waals surface area contributed by atoms with Crippen molar-refractivity contribution in [2.75, 3.05) is 38.0 Å². The molecule has 1 N–H and O–H groups in total. The summed E-state index contributed by atoms with van der Waals surface area (Å²) in [5.41, 5.74) is -0.774.